The summed E-state index contributed by atoms with van der Waals surface area (Å²) in [7, 11) is 1.31. The molecule has 1 aromatic carbocycles. The molecule has 2 aromatic heterocycles. The SMILES string of the molecule is Cn1c(-c2cn(C3CC3(F)F)nc2C(F)(F)F)cnc1C(=O)Nc1ccc(C(=O)NC2[C@H]3CN(C(=O)NC4CCCC4N)C[C@@H]23)c(Cl)c1. The number of hydrogen-bond donors (Lipinski definition) is 4. The summed E-state index contributed by atoms with van der Waals surface area (Å²) in [6.07, 6.45) is -0.904. The molecule has 18 heteroatoms. The summed E-state index contributed by atoms with van der Waals surface area (Å²) < 4.78 is 70.1. The van der Waals surface area contributed by atoms with Gasteiger partial charge in [0.15, 0.2) is 11.5 Å². The van der Waals surface area contributed by atoms with Crippen molar-refractivity contribution in [1.82, 2.24) is 34.9 Å². The summed E-state index contributed by atoms with van der Waals surface area (Å²) in [6, 6.07) is 2.45. The summed E-state index contributed by atoms with van der Waals surface area (Å²) in [4.78, 5) is 44.4. The second-order valence-electron chi connectivity index (χ2n) is 12.9. The molecule has 3 aliphatic carbocycles. The van der Waals surface area contributed by atoms with E-state index in [1.807, 2.05) is 0 Å². The third-order valence-electron chi connectivity index (χ3n) is 9.71. The predicted molar refractivity (Wildman–Crippen MR) is 161 cm³/mol. The van der Waals surface area contributed by atoms with Gasteiger partial charge in [-0.2, -0.15) is 18.3 Å². The van der Waals surface area contributed by atoms with Gasteiger partial charge in [0, 0.05) is 68.4 Å². The number of hydrogen-bond acceptors (Lipinski definition) is 6. The summed E-state index contributed by atoms with van der Waals surface area (Å²) in [5, 5.41) is 12.0. The third-order valence-corrected chi connectivity index (χ3v) is 10.0. The fourth-order valence-corrected chi connectivity index (χ4v) is 7.09. The number of benzene rings is 1. The fraction of sp³-hybridized carbons (Fsp3) is 0.500. The predicted octanol–water partition coefficient (Wildman–Crippen LogP) is 4.04. The first-order chi connectivity index (χ1) is 22.6. The van der Waals surface area contributed by atoms with Gasteiger partial charge in [-0.15, -0.1) is 0 Å². The molecule has 1 aliphatic heterocycles. The Morgan fingerprint density at radius 3 is 2.40 bits per heavy atom. The first-order valence-electron chi connectivity index (χ1n) is 15.4. The average Bonchev–Trinajstić information content (AvgIpc) is 3.46. The monoisotopic (exact) mass is 695 g/mol. The number of carbonyl (C=O) groups excluding carboxylic acids is 3. The molecular formula is C30H31ClF5N9O3. The zero-order valence-corrected chi connectivity index (χ0v) is 26.2. The van der Waals surface area contributed by atoms with Gasteiger partial charge >= 0.3 is 12.2 Å². The van der Waals surface area contributed by atoms with E-state index < -0.39 is 47.6 Å². The van der Waals surface area contributed by atoms with Crippen LogP contribution in [0.2, 0.25) is 5.02 Å². The average molecular weight is 696 g/mol. The van der Waals surface area contributed by atoms with Gasteiger partial charge in [-0.25, -0.2) is 18.6 Å². The molecule has 48 heavy (non-hydrogen) atoms. The Bertz CT molecular complexity index is 1800. The first-order valence-corrected chi connectivity index (χ1v) is 15.8. The highest BCUT2D eigenvalue weighted by Crippen LogP contribution is 2.53. The van der Waals surface area contributed by atoms with Crippen molar-refractivity contribution in [3.8, 4) is 11.3 Å². The Labute approximate surface area is 275 Å². The van der Waals surface area contributed by atoms with Crippen LogP contribution >= 0.6 is 11.6 Å². The maximum Gasteiger partial charge on any atom is 0.435 e. The van der Waals surface area contributed by atoms with Crippen molar-refractivity contribution in [1.29, 1.82) is 0 Å². The first kappa shape index (κ1) is 32.3. The second kappa shape index (κ2) is 11.4. The zero-order chi connectivity index (χ0) is 34.3. The number of urea groups is 1. The van der Waals surface area contributed by atoms with Gasteiger partial charge in [-0.3, -0.25) is 14.3 Å². The van der Waals surface area contributed by atoms with E-state index in [9.17, 15) is 36.3 Å². The molecule has 7 rings (SSSR count). The number of carbonyl (C=O) groups is 3. The molecule has 5 N–H and O–H groups in total. The van der Waals surface area contributed by atoms with Gasteiger partial charge in [-0.1, -0.05) is 11.6 Å². The summed E-state index contributed by atoms with van der Waals surface area (Å²) in [6.45, 7) is 1.04. The van der Waals surface area contributed by atoms with Crippen molar-refractivity contribution in [2.24, 2.45) is 24.6 Å². The lowest BCUT2D eigenvalue weighted by Crippen LogP contribution is -2.50. The molecule has 6 atom stereocenters. The number of imidazole rings is 1. The number of rotatable bonds is 7. The van der Waals surface area contributed by atoms with Crippen molar-refractivity contribution in [2.75, 3.05) is 18.4 Å². The fourth-order valence-electron chi connectivity index (χ4n) is 6.82. The van der Waals surface area contributed by atoms with E-state index in [0.29, 0.717) is 17.8 Å². The molecule has 0 bridgehead atoms. The van der Waals surface area contributed by atoms with Gasteiger partial charge in [0.2, 0.25) is 0 Å². The molecule has 0 radical (unpaired) electrons. The van der Waals surface area contributed by atoms with Gasteiger partial charge in [0.05, 0.1) is 28.0 Å². The van der Waals surface area contributed by atoms with Gasteiger partial charge in [0.25, 0.3) is 17.7 Å². The molecule has 3 aromatic rings. The number of anilines is 1. The summed E-state index contributed by atoms with van der Waals surface area (Å²) in [5.74, 6) is -4.36. The van der Waals surface area contributed by atoms with E-state index in [0.717, 1.165) is 36.2 Å². The Hall–Kier alpha value is -4.25. The standard InChI is InChI=1S/C30H31ClF5N9O3/c1-43-21(17-12-45(22-8-29(22,32)33)42-24(17)30(34,35)36)9-38-25(43)27(47)39-13-5-6-14(18(31)7-13)26(46)41-23-15-10-44(11-16(15)23)28(48)40-20-4-2-3-19(20)37/h5-7,9,12,15-16,19-20,22-23H,2-4,8,10-11,37H2,1H3,(H,39,47)(H,40,48)(H,41,46)/t15-,16+,19?,20?,22?,23?. The molecule has 3 heterocycles. The zero-order valence-electron chi connectivity index (χ0n) is 25.4. The molecule has 4 aliphatic rings. The number of alkyl halides is 5. The van der Waals surface area contributed by atoms with Crippen LogP contribution in [0.25, 0.3) is 11.3 Å². The van der Waals surface area contributed by atoms with Crippen LogP contribution in [0.15, 0.2) is 30.6 Å². The molecule has 256 valence electrons. The lowest BCUT2D eigenvalue weighted by molar-refractivity contribution is -0.141. The van der Waals surface area contributed by atoms with Crippen LogP contribution in [0, 0.1) is 11.8 Å². The Kier molecular flexibility index (Phi) is 7.69. The normalized spacial score (nSPS) is 27.0. The van der Waals surface area contributed by atoms with Gasteiger partial charge in [-0.05, 0) is 37.5 Å². The van der Waals surface area contributed by atoms with Gasteiger partial charge in [0.1, 0.15) is 6.04 Å². The van der Waals surface area contributed by atoms with Crippen LogP contribution in [0.5, 0.6) is 0 Å². The van der Waals surface area contributed by atoms with Crippen LogP contribution in [-0.2, 0) is 13.2 Å². The number of halogens is 6. The Morgan fingerprint density at radius 1 is 1.08 bits per heavy atom. The molecule has 12 nitrogen and oxygen atoms in total. The quantitative estimate of drug-likeness (QED) is 0.274. The van der Waals surface area contributed by atoms with E-state index >= 15 is 0 Å². The molecule has 4 fully saturated rings. The highest BCUT2D eigenvalue weighted by atomic mass is 35.5. The summed E-state index contributed by atoms with van der Waals surface area (Å²) >= 11 is 6.39. The topological polar surface area (TPSA) is 152 Å². The molecule has 4 unspecified atom stereocenters. The summed E-state index contributed by atoms with van der Waals surface area (Å²) in [5.41, 5.74) is 4.39. The highest BCUT2D eigenvalue weighted by molar-refractivity contribution is 6.34. The van der Waals surface area contributed by atoms with E-state index in [1.54, 1.807) is 4.90 Å². The van der Waals surface area contributed by atoms with Crippen molar-refractivity contribution in [3.63, 3.8) is 0 Å². The van der Waals surface area contributed by atoms with Crippen LogP contribution in [0.1, 0.15) is 58.4 Å². The Morgan fingerprint density at radius 2 is 1.79 bits per heavy atom. The molecular weight excluding hydrogens is 665 g/mol. The number of nitrogens with one attached hydrogen (secondary N) is 3. The van der Waals surface area contributed by atoms with E-state index in [1.165, 1.54) is 25.2 Å². The van der Waals surface area contributed by atoms with E-state index in [4.69, 9.17) is 17.3 Å². The number of fused-ring (bicyclic) bond motifs is 1. The lowest BCUT2D eigenvalue weighted by Gasteiger charge is -2.25. The number of nitrogens with two attached hydrogens (primary N) is 1. The van der Waals surface area contributed by atoms with Crippen LogP contribution in [0.4, 0.5) is 32.4 Å². The number of amides is 4. The molecule has 1 saturated heterocycles. The maximum atomic E-state index is 13.8. The van der Waals surface area contributed by atoms with Crippen molar-refractivity contribution < 1.29 is 36.3 Å². The number of likely N-dealkylation sites (tertiary alicyclic amines) is 1. The minimum Gasteiger partial charge on any atom is -0.349 e. The van der Waals surface area contributed by atoms with Crippen LogP contribution in [-0.4, -0.2) is 79.2 Å². The maximum absolute atomic E-state index is 13.8. The Balaban J connectivity index is 0.967. The van der Waals surface area contributed by atoms with Crippen LogP contribution in [0.3, 0.4) is 0 Å². The number of piperidine rings is 1. The van der Waals surface area contributed by atoms with Crippen molar-refractivity contribution in [3.05, 3.63) is 52.7 Å². The van der Waals surface area contributed by atoms with Crippen LogP contribution < -0.4 is 21.7 Å². The third kappa shape index (κ3) is 5.86. The minimum atomic E-state index is -4.94. The molecule has 3 saturated carbocycles. The second-order valence-corrected chi connectivity index (χ2v) is 13.3. The van der Waals surface area contributed by atoms with E-state index in [-0.39, 0.29) is 63.8 Å². The number of nitrogens with zero attached hydrogens (tertiary/aromatic N) is 5. The van der Waals surface area contributed by atoms with E-state index in [2.05, 4.69) is 26.0 Å². The lowest BCUT2D eigenvalue weighted by atomic mass is 10.2. The van der Waals surface area contributed by atoms with Crippen molar-refractivity contribution in [2.45, 2.75) is 61.9 Å². The molecule has 0 spiro atoms. The minimum absolute atomic E-state index is 0.0179. The molecule has 4 amide bonds. The van der Waals surface area contributed by atoms with Gasteiger partial charge < -0.3 is 31.2 Å². The number of aromatic nitrogens is 4. The smallest absolute Gasteiger partial charge is 0.349 e. The van der Waals surface area contributed by atoms with Crippen molar-refractivity contribution >= 4 is 35.1 Å². The largest absolute Gasteiger partial charge is 0.435 e. The highest BCUT2D eigenvalue weighted by Gasteiger charge is 2.60.